The number of aromatic nitrogens is 4. The van der Waals surface area contributed by atoms with Gasteiger partial charge in [0.15, 0.2) is 5.65 Å². The minimum atomic E-state index is -0.266. The average molecular weight is 431 g/mol. The Kier molecular flexibility index (Phi) is 5.81. The molecule has 3 aliphatic carbocycles. The lowest BCUT2D eigenvalue weighted by atomic mass is 9.52. The molecule has 31 heavy (non-hydrogen) atoms. The number of nitrogens with two attached hydrogens (primary N) is 1. The number of hydrogen-bond acceptors (Lipinski definition) is 5. The number of imidazole rings is 1. The Labute approximate surface area is 181 Å². The summed E-state index contributed by atoms with van der Waals surface area (Å²) in [4.78, 5) is 45.9. The molecule has 9 nitrogen and oxygen atoms in total. The molecule has 2 bridgehead atoms. The summed E-state index contributed by atoms with van der Waals surface area (Å²) in [5.41, 5.74) is 2.78. The summed E-state index contributed by atoms with van der Waals surface area (Å²) in [6.45, 7) is 4.94. The number of carbonyl (C=O) groups is 1. The van der Waals surface area contributed by atoms with E-state index in [1.807, 2.05) is 13.8 Å². The van der Waals surface area contributed by atoms with Crippen LogP contribution in [0.4, 0.5) is 0 Å². The van der Waals surface area contributed by atoms with E-state index < -0.39 is 0 Å². The first kappa shape index (κ1) is 21.8. The van der Waals surface area contributed by atoms with E-state index in [0.717, 1.165) is 63.6 Å². The van der Waals surface area contributed by atoms with Gasteiger partial charge in [0.1, 0.15) is 11.3 Å². The zero-order chi connectivity index (χ0) is 22.2. The van der Waals surface area contributed by atoms with E-state index in [4.69, 9.17) is 10.8 Å². The number of carbonyl (C=O) groups excluding carboxylic acids is 1. The van der Waals surface area contributed by atoms with Crippen molar-refractivity contribution in [1.29, 1.82) is 0 Å². The van der Waals surface area contributed by atoms with E-state index >= 15 is 0 Å². The Morgan fingerprint density at radius 2 is 1.68 bits per heavy atom. The van der Waals surface area contributed by atoms with E-state index in [1.54, 1.807) is 4.57 Å². The normalized spacial score (nSPS) is 25.3. The van der Waals surface area contributed by atoms with Crippen molar-refractivity contribution in [3.05, 3.63) is 26.7 Å². The summed E-state index contributed by atoms with van der Waals surface area (Å²) >= 11 is 0. The van der Waals surface area contributed by atoms with Crippen molar-refractivity contribution in [2.45, 2.75) is 96.6 Å². The SMILES string of the molecule is CCCn1c(=O)c2[nH]c(C34CCC(CCC(=O)NN)(CC3)CC4)nc2n(CCC)c1=O. The molecular formula is C22H34N6O3. The number of hydrogen-bond donors (Lipinski definition) is 3. The van der Waals surface area contributed by atoms with Gasteiger partial charge in [-0.15, -0.1) is 0 Å². The van der Waals surface area contributed by atoms with Gasteiger partial charge in [-0.05, 0) is 63.2 Å². The standard InChI is InChI=1S/C22H34N6O3/c1-3-13-27-17-16(18(30)28(14-4-2)20(27)31)24-19(25-17)22-10-7-21(8-11-22,9-12-22)6-5-15(29)26-23/h3-14,23H2,1-2H3,(H,24,25)(H,26,29). The first-order chi connectivity index (χ1) is 14.9. The van der Waals surface area contributed by atoms with Crippen LogP contribution in [0, 0.1) is 5.41 Å². The van der Waals surface area contributed by atoms with E-state index in [1.165, 1.54) is 4.57 Å². The Hall–Kier alpha value is -2.42. The third-order valence-electron chi connectivity index (χ3n) is 7.70. The monoisotopic (exact) mass is 430 g/mol. The summed E-state index contributed by atoms with van der Waals surface area (Å²) in [5.74, 6) is 5.99. The molecule has 9 heteroatoms. The molecule has 3 aliphatic rings. The first-order valence-electron chi connectivity index (χ1n) is 11.6. The lowest BCUT2D eigenvalue weighted by Crippen LogP contribution is -2.45. The zero-order valence-electron chi connectivity index (χ0n) is 18.6. The smallest absolute Gasteiger partial charge is 0.332 e. The number of fused-ring (bicyclic) bond motifs is 4. The molecule has 0 aliphatic heterocycles. The molecule has 3 fully saturated rings. The fraction of sp³-hybridized carbons (Fsp3) is 0.727. The molecule has 170 valence electrons. The Morgan fingerprint density at radius 3 is 2.26 bits per heavy atom. The molecule has 0 unspecified atom stereocenters. The highest BCUT2D eigenvalue weighted by Gasteiger charge is 2.50. The van der Waals surface area contributed by atoms with E-state index in [0.29, 0.717) is 30.7 Å². The summed E-state index contributed by atoms with van der Waals surface area (Å²) in [5, 5.41) is 0. The quantitative estimate of drug-likeness (QED) is 0.336. The molecule has 2 aromatic heterocycles. The Morgan fingerprint density at radius 1 is 1.06 bits per heavy atom. The fourth-order valence-electron chi connectivity index (χ4n) is 5.71. The third kappa shape index (κ3) is 3.62. The molecule has 0 spiro atoms. The number of aromatic amines is 1. The lowest BCUT2D eigenvalue weighted by Gasteiger charge is -2.52. The second-order valence-corrected chi connectivity index (χ2v) is 9.52. The summed E-state index contributed by atoms with van der Waals surface area (Å²) in [7, 11) is 0. The maximum absolute atomic E-state index is 13.1. The van der Waals surface area contributed by atoms with Gasteiger partial charge in [0.2, 0.25) is 5.91 Å². The minimum absolute atomic E-state index is 0.0774. The highest BCUT2D eigenvalue weighted by Crippen LogP contribution is 2.58. The number of nitrogens with zero attached hydrogens (tertiary/aromatic N) is 3. The van der Waals surface area contributed by atoms with Crippen LogP contribution in [-0.2, 0) is 23.3 Å². The van der Waals surface area contributed by atoms with Crippen LogP contribution in [0.25, 0.3) is 11.2 Å². The molecular weight excluding hydrogens is 396 g/mol. The number of rotatable bonds is 8. The summed E-state index contributed by atoms with van der Waals surface area (Å²) in [6, 6.07) is 0. The molecule has 4 N–H and O–H groups in total. The van der Waals surface area contributed by atoms with Crippen LogP contribution in [0.15, 0.2) is 9.59 Å². The van der Waals surface area contributed by atoms with E-state index in [-0.39, 0.29) is 28.0 Å². The maximum atomic E-state index is 13.1. The van der Waals surface area contributed by atoms with Gasteiger partial charge in [0, 0.05) is 24.9 Å². The van der Waals surface area contributed by atoms with E-state index in [9.17, 15) is 14.4 Å². The lowest BCUT2D eigenvalue weighted by molar-refractivity contribution is -0.122. The fourth-order valence-corrected chi connectivity index (χ4v) is 5.71. The first-order valence-corrected chi connectivity index (χ1v) is 11.6. The van der Waals surface area contributed by atoms with Crippen molar-refractivity contribution in [3.8, 4) is 0 Å². The number of amides is 1. The molecule has 3 saturated carbocycles. The van der Waals surface area contributed by atoms with Gasteiger partial charge in [-0.25, -0.2) is 15.6 Å². The molecule has 1 amide bonds. The number of aryl methyl sites for hydroxylation is 1. The van der Waals surface area contributed by atoms with Crippen molar-refractivity contribution in [3.63, 3.8) is 0 Å². The van der Waals surface area contributed by atoms with Crippen LogP contribution >= 0.6 is 0 Å². The topological polar surface area (TPSA) is 128 Å². The molecule has 0 saturated heterocycles. The van der Waals surface area contributed by atoms with Crippen LogP contribution in [0.2, 0.25) is 0 Å². The van der Waals surface area contributed by atoms with Crippen LogP contribution in [-0.4, -0.2) is 25.0 Å². The third-order valence-corrected chi connectivity index (χ3v) is 7.70. The predicted molar refractivity (Wildman–Crippen MR) is 119 cm³/mol. The van der Waals surface area contributed by atoms with Gasteiger partial charge in [0.25, 0.3) is 5.56 Å². The van der Waals surface area contributed by atoms with Crippen molar-refractivity contribution in [2.24, 2.45) is 11.3 Å². The molecule has 2 heterocycles. The molecule has 5 rings (SSSR count). The highest BCUT2D eigenvalue weighted by atomic mass is 16.2. The molecule has 0 radical (unpaired) electrons. The summed E-state index contributed by atoms with van der Waals surface area (Å²) < 4.78 is 3.00. The number of hydrazine groups is 1. The van der Waals surface area contributed by atoms with Crippen LogP contribution in [0.1, 0.15) is 83.9 Å². The molecule has 0 atom stereocenters. The summed E-state index contributed by atoms with van der Waals surface area (Å²) in [6.07, 6.45) is 8.94. The highest BCUT2D eigenvalue weighted by molar-refractivity contribution is 5.75. The Balaban J connectivity index is 1.68. The Bertz CT molecular complexity index is 1070. The average Bonchev–Trinajstić information content (AvgIpc) is 3.25. The van der Waals surface area contributed by atoms with Gasteiger partial charge in [0.05, 0.1) is 0 Å². The van der Waals surface area contributed by atoms with Crippen molar-refractivity contribution in [1.82, 2.24) is 24.5 Å². The van der Waals surface area contributed by atoms with Crippen molar-refractivity contribution >= 4 is 17.1 Å². The number of nitrogens with one attached hydrogen (secondary N) is 2. The maximum Gasteiger partial charge on any atom is 0.332 e. The van der Waals surface area contributed by atoms with Gasteiger partial charge >= 0.3 is 5.69 Å². The van der Waals surface area contributed by atoms with Crippen LogP contribution in [0.3, 0.4) is 0 Å². The second-order valence-electron chi connectivity index (χ2n) is 9.52. The van der Waals surface area contributed by atoms with Gasteiger partial charge in [-0.2, -0.15) is 0 Å². The predicted octanol–water partition coefficient (Wildman–Crippen LogP) is 2.07. The molecule has 2 aromatic rings. The van der Waals surface area contributed by atoms with Crippen molar-refractivity contribution in [2.75, 3.05) is 0 Å². The van der Waals surface area contributed by atoms with Gasteiger partial charge in [-0.1, -0.05) is 13.8 Å². The van der Waals surface area contributed by atoms with Crippen LogP contribution in [0.5, 0.6) is 0 Å². The van der Waals surface area contributed by atoms with Gasteiger partial charge in [-0.3, -0.25) is 24.1 Å². The molecule has 0 aromatic carbocycles. The number of H-pyrrole nitrogens is 1. The van der Waals surface area contributed by atoms with Crippen LogP contribution < -0.4 is 22.5 Å². The zero-order valence-corrected chi connectivity index (χ0v) is 18.6. The van der Waals surface area contributed by atoms with Gasteiger partial charge < -0.3 is 4.98 Å². The van der Waals surface area contributed by atoms with Crippen molar-refractivity contribution < 1.29 is 4.79 Å². The minimum Gasteiger partial charge on any atom is -0.336 e. The van der Waals surface area contributed by atoms with E-state index in [2.05, 4.69) is 10.4 Å². The largest absolute Gasteiger partial charge is 0.336 e. The second kappa shape index (κ2) is 8.26.